The predicted molar refractivity (Wildman–Crippen MR) is 74.4 cm³/mol. The van der Waals surface area contributed by atoms with E-state index < -0.39 is 5.97 Å². The smallest absolute Gasteiger partial charge is 0.313 e. The largest absolute Gasteiger partial charge is 0.481 e. The van der Waals surface area contributed by atoms with Crippen molar-refractivity contribution in [2.45, 2.75) is 57.1 Å². The molecule has 1 N–H and O–H groups in total. The van der Waals surface area contributed by atoms with Crippen LogP contribution in [0.1, 0.15) is 51.3 Å². The number of rotatable bonds is 6. The summed E-state index contributed by atoms with van der Waals surface area (Å²) < 4.78 is 2.13. The van der Waals surface area contributed by atoms with Crippen molar-refractivity contribution < 1.29 is 9.90 Å². The van der Waals surface area contributed by atoms with Crippen LogP contribution in [0.15, 0.2) is 5.16 Å². The van der Waals surface area contributed by atoms with E-state index in [1.54, 1.807) is 0 Å². The first-order valence-electron chi connectivity index (χ1n) is 6.85. The van der Waals surface area contributed by atoms with Gasteiger partial charge in [-0.3, -0.25) is 4.79 Å². The molecule has 19 heavy (non-hydrogen) atoms. The van der Waals surface area contributed by atoms with Gasteiger partial charge in [0.25, 0.3) is 0 Å². The number of carbonyl (C=O) groups is 1. The molecule has 1 aromatic rings. The molecule has 0 amide bonds. The molecule has 1 aromatic heterocycles. The standard InChI is InChI=1S/C13H21N3O2S/c1-9(2)12-14-15-13(19-8-11(17)18)16(12)7-10-5-3-4-6-10/h9-10H,3-8H2,1-2H3,(H,17,18). The Labute approximate surface area is 117 Å². The van der Waals surface area contributed by atoms with Crippen molar-refractivity contribution in [1.82, 2.24) is 14.8 Å². The van der Waals surface area contributed by atoms with Gasteiger partial charge in [-0.25, -0.2) is 0 Å². The minimum Gasteiger partial charge on any atom is -0.481 e. The van der Waals surface area contributed by atoms with Gasteiger partial charge in [-0.1, -0.05) is 38.5 Å². The maximum absolute atomic E-state index is 10.7. The molecular weight excluding hydrogens is 262 g/mol. The molecule has 1 heterocycles. The average Bonchev–Trinajstić information content (AvgIpc) is 2.96. The first kappa shape index (κ1) is 14.4. The Bertz CT molecular complexity index is 439. The van der Waals surface area contributed by atoms with E-state index in [0.717, 1.165) is 17.5 Å². The zero-order valence-electron chi connectivity index (χ0n) is 11.5. The van der Waals surface area contributed by atoms with Crippen molar-refractivity contribution in [2.24, 2.45) is 5.92 Å². The van der Waals surface area contributed by atoms with Crippen LogP contribution in [0, 0.1) is 5.92 Å². The quantitative estimate of drug-likeness (QED) is 0.813. The number of thioether (sulfide) groups is 1. The third-order valence-corrected chi connectivity index (χ3v) is 4.45. The molecule has 0 radical (unpaired) electrons. The van der Waals surface area contributed by atoms with E-state index in [2.05, 4.69) is 28.6 Å². The van der Waals surface area contributed by atoms with Crippen molar-refractivity contribution in [3.8, 4) is 0 Å². The summed E-state index contributed by atoms with van der Waals surface area (Å²) in [6.07, 6.45) is 5.14. The molecule has 1 aliphatic rings. The predicted octanol–water partition coefficient (Wildman–Crippen LogP) is 2.77. The summed E-state index contributed by atoms with van der Waals surface area (Å²) >= 11 is 1.27. The topological polar surface area (TPSA) is 68.0 Å². The van der Waals surface area contributed by atoms with Crippen LogP contribution in [0.5, 0.6) is 0 Å². The van der Waals surface area contributed by atoms with E-state index in [4.69, 9.17) is 5.11 Å². The number of aromatic nitrogens is 3. The second-order valence-corrected chi connectivity index (χ2v) is 6.38. The zero-order chi connectivity index (χ0) is 13.8. The third kappa shape index (κ3) is 3.72. The highest BCUT2D eigenvalue weighted by molar-refractivity contribution is 7.99. The SMILES string of the molecule is CC(C)c1nnc(SCC(=O)O)n1CC1CCCC1. The van der Waals surface area contributed by atoms with E-state index in [0.29, 0.717) is 11.8 Å². The monoisotopic (exact) mass is 283 g/mol. The molecule has 6 heteroatoms. The number of carboxylic acid groups (broad SMARTS) is 1. The summed E-state index contributed by atoms with van der Waals surface area (Å²) in [5.41, 5.74) is 0. The Kier molecular flexibility index (Phi) is 4.85. The molecule has 0 unspecified atom stereocenters. The lowest BCUT2D eigenvalue weighted by Gasteiger charge is -2.15. The van der Waals surface area contributed by atoms with Crippen LogP contribution >= 0.6 is 11.8 Å². The maximum Gasteiger partial charge on any atom is 0.313 e. The molecule has 1 saturated carbocycles. The molecule has 1 aliphatic carbocycles. The van der Waals surface area contributed by atoms with Gasteiger partial charge in [0.2, 0.25) is 0 Å². The third-order valence-electron chi connectivity index (χ3n) is 3.50. The van der Waals surface area contributed by atoms with Gasteiger partial charge < -0.3 is 9.67 Å². The molecule has 1 fully saturated rings. The summed E-state index contributed by atoms with van der Waals surface area (Å²) in [6.45, 7) is 5.13. The van der Waals surface area contributed by atoms with Crippen molar-refractivity contribution in [3.05, 3.63) is 5.82 Å². The van der Waals surface area contributed by atoms with Crippen molar-refractivity contribution >= 4 is 17.7 Å². The Hall–Kier alpha value is -1.04. The lowest BCUT2D eigenvalue weighted by atomic mass is 10.1. The highest BCUT2D eigenvalue weighted by Crippen LogP contribution is 2.29. The normalized spacial score (nSPS) is 16.4. The van der Waals surface area contributed by atoms with Crippen LogP contribution in [0.25, 0.3) is 0 Å². The molecular formula is C13H21N3O2S. The number of nitrogens with zero attached hydrogens (tertiary/aromatic N) is 3. The molecule has 0 aromatic carbocycles. The van der Waals surface area contributed by atoms with Crippen molar-refractivity contribution in [3.63, 3.8) is 0 Å². The maximum atomic E-state index is 10.7. The van der Waals surface area contributed by atoms with Gasteiger partial charge in [0.1, 0.15) is 5.82 Å². The summed E-state index contributed by atoms with van der Waals surface area (Å²) in [5.74, 6) is 1.21. The van der Waals surface area contributed by atoms with E-state index in [-0.39, 0.29) is 5.75 Å². The van der Waals surface area contributed by atoms with Crippen LogP contribution in [0.3, 0.4) is 0 Å². The van der Waals surface area contributed by atoms with Gasteiger partial charge in [0, 0.05) is 12.5 Å². The van der Waals surface area contributed by atoms with E-state index in [9.17, 15) is 4.79 Å². The zero-order valence-corrected chi connectivity index (χ0v) is 12.3. The average molecular weight is 283 g/mol. The van der Waals surface area contributed by atoms with Gasteiger partial charge >= 0.3 is 5.97 Å². The first-order valence-corrected chi connectivity index (χ1v) is 7.84. The molecule has 0 spiro atoms. The van der Waals surface area contributed by atoms with Crippen LogP contribution in [-0.4, -0.2) is 31.6 Å². The van der Waals surface area contributed by atoms with Gasteiger partial charge in [-0.2, -0.15) is 0 Å². The van der Waals surface area contributed by atoms with Gasteiger partial charge in [0.15, 0.2) is 5.16 Å². The fourth-order valence-corrected chi connectivity index (χ4v) is 3.26. The van der Waals surface area contributed by atoms with Gasteiger partial charge in [-0.15, -0.1) is 10.2 Å². The fourth-order valence-electron chi connectivity index (χ4n) is 2.58. The molecule has 2 rings (SSSR count). The van der Waals surface area contributed by atoms with Crippen LogP contribution in [0.4, 0.5) is 0 Å². The number of carboxylic acids is 1. The van der Waals surface area contributed by atoms with E-state index in [1.165, 1.54) is 37.4 Å². The fraction of sp³-hybridized carbons (Fsp3) is 0.769. The molecule has 0 atom stereocenters. The molecule has 0 saturated heterocycles. The summed E-state index contributed by atoms with van der Waals surface area (Å²) in [6, 6.07) is 0. The van der Waals surface area contributed by atoms with Gasteiger partial charge in [0.05, 0.1) is 5.75 Å². The second kappa shape index (κ2) is 6.41. The molecule has 0 bridgehead atoms. The van der Waals surface area contributed by atoms with E-state index in [1.807, 2.05) is 0 Å². The Balaban J connectivity index is 2.14. The summed E-state index contributed by atoms with van der Waals surface area (Å²) in [5, 5.41) is 17.9. The summed E-state index contributed by atoms with van der Waals surface area (Å²) in [4.78, 5) is 10.7. The Morgan fingerprint density at radius 3 is 2.68 bits per heavy atom. The van der Waals surface area contributed by atoms with Crippen molar-refractivity contribution in [2.75, 3.05) is 5.75 Å². The molecule has 0 aliphatic heterocycles. The first-order chi connectivity index (χ1) is 9.08. The van der Waals surface area contributed by atoms with Crippen LogP contribution in [0.2, 0.25) is 0 Å². The minimum absolute atomic E-state index is 0.0426. The lowest BCUT2D eigenvalue weighted by Crippen LogP contribution is -2.13. The van der Waals surface area contributed by atoms with Crippen LogP contribution < -0.4 is 0 Å². The number of aliphatic carboxylic acids is 1. The van der Waals surface area contributed by atoms with Crippen LogP contribution in [-0.2, 0) is 11.3 Å². The van der Waals surface area contributed by atoms with Gasteiger partial charge in [-0.05, 0) is 18.8 Å². The Morgan fingerprint density at radius 1 is 1.42 bits per heavy atom. The Morgan fingerprint density at radius 2 is 2.11 bits per heavy atom. The highest BCUT2D eigenvalue weighted by atomic mass is 32.2. The number of hydrogen-bond acceptors (Lipinski definition) is 4. The van der Waals surface area contributed by atoms with Crippen molar-refractivity contribution in [1.29, 1.82) is 0 Å². The number of hydrogen-bond donors (Lipinski definition) is 1. The van der Waals surface area contributed by atoms with E-state index >= 15 is 0 Å². The lowest BCUT2D eigenvalue weighted by molar-refractivity contribution is -0.133. The minimum atomic E-state index is -0.813. The highest BCUT2D eigenvalue weighted by Gasteiger charge is 2.21. The summed E-state index contributed by atoms with van der Waals surface area (Å²) in [7, 11) is 0. The molecule has 106 valence electrons. The molecule has 5 nitrogen and oxygen atoms in total. The second-order valence-electron chi connectivity index (χ2n) is 5.44.